The van der Waals surface area contributed by atoms with Gasteiger partial charge in [0.25, 0.3) is 0 Å². The van der Waals surface area contributed by atoms with Gasteiger partial charge in [0.15, 0.2) is 0 Å². The number of carbonyl (C=O) groups is 1. The molecule has 1 aliphatic rings. The van der Waals surface area contributed by atoms with Gasteiger partial charge in [0.05, 0.1) is 12.1 Å². The molecule has 2 heterocycles. The van der Waals surface area contributed by atoms with Crippen LogP contribution in [0.4, 0.5) is 15.8 Å². The number of ether oxygens (including phenoxy) is 1. The zero-order valence-electron chi connectivity index (χ0n) is 16.1. The van der Waals surface area contributed by atoms with E-state index < -0.39 is 5.60 Å². The Morgan fingerprint density at radius 2 is 2.00 bits per heavy atom. The van der Waals surface area contributed by atoms with Crippen molar-refractivity contribution in [2.75, 3.05) is 5.32 Å². The van der Waals surface area contributed by atoms with Crippen molar-refractivity contribution in [3.63, 3.8) is 0 Å². The van der Waals surface area contributed by atoms with Gasteiger partial charge in [-0.2, -0.15) is 5.10 Å². The minimum Gasteiger partial charge on any atom is -0.460 e. The first-order valence-corrected chi connectivity index (χ1v) is 9.22. The minimum absolute atomic E-state index is 0.142. The van der Waals surface area contributed by atoms with Crippen LogP contribution in [0, 0.1) is 5.82 Å². The molecule has 0 bridgehead atoms. The third-order valence-electron chi connectivity index (χ3n) is 4.63. The molecule has 1 atom stereocenters. The molecular formula is C22H22FN3O2. The van der Waals surface area contributed by atoms with Gasteiger partial charge in [-0.05, 0) is 68.3 Å². The summed E-state index contributed by atoms with van der Waals surface area (Å²) < 4.78 is 21.2. The van der Waals surface area contributed by atoms with Crippen molar-refractivity contribution in [3.8, 4) is 5.69 Å². The number of rotatable bonds is 3. The van der Waals surface area contributed by atoms with Gasteiger partial charge >= 0.3 is 5.97 Å². The quantitative estimate of drug-likeness (QED) is 0.656. The third kappa shape index (κ3) is 3.63. The normalized spacial score (nSPS) is 15.4. The molecule has 3 aromatic rings. The van der Waals surface area contributed by atoms with Crippen LogP contribution in [0.25, 0.3) is 5.69 Å². The largest absolute Gasteiger partial charge is 0.460 e. The fourth-order valence-corrected chi connectivity index (χ4v) is 3.54. The first-order chi connectivity index (χ1) is 13.3. The Morgan fingerprint density at radius 3 is 2.71 bits per heavy atom. The Morgan fingerprint density at radius 1 is 1.18 bits per heavy atom. The summed E-state index contributed by atoms with van der Waals surface area (Å²) in [6.07, 6.45) is 3.73. The van der Waals surface area contributed by atoms with E-state index in [9.17, 15) is 9.18 Å². The lowest BCUT2D eigenvalue weighted by molar-refractivity contribution is -0.155. The van der Waals surface area contributed by atoms with Gasteiger partial charge in [-0.1, -0.05) is 6.07 Å². The lowest BCUT2D eigenvalue weighted by atomic mass is 9.83. The monoisotopic (exact) mass is 379 g/mol. The Labute approximate surface area is 163 Å². The molecule has 28 heavy (non-hydrogen) atoms. The molecule has 1 aromatic heterocycles. The number of hydrogen-bond acceptors (Lipinski definition) is 4. The summed E-state index contributed by atoms with van der Waals surface area (Å²) in [6, 6.07) is 12.4. The highest BCUT2D eigenvalue weighted by Crippen LogP contribution is 2.44. The van der Waals surface area contributed by atoms with Crippen molar-refractivity contribution < 1.29 is 13.9 Å². The molecule has 4 rings (SSSR count). The molecule has 6 heteroatoms. The minimum atomic E-state index is -0.568. The molecule has 0 amide bonds. The molecule has 1 N–H and O–H groups in total. The van der Waals surface area contributed by atoms with Crippen molar-refractivity contribution in [2.45, 2.75) is 38.7 Å². The lowest BCUT2D eigenvalue weighted by Gasteiger charge is -2.30. The van der Waals surface area contributed by atoms with Crippen LogP contribution in [0.15, 0.2) is 54.9 Å². The highest BCUT2D eigenvalue weighted by molar-refractivity contribution is 5.79. The van der Waals surface area contributed by atoms with E-state index in [1.807, 2.05) is 51.2 Å². The van der Waals surface area contributed by atoms with Crippen LogP contribution in [0.1, 0.15) is 44.2 Å². The van der Waals surface area contributed by atoms with Crippen molar-refractivity contribution in [1.29, 1.82) is 0 Å². The molecule has 0 saturated heterocycles. The Hall–Kier alpha value is -3.15. The zero-order valence-corrected chi connectivity index (χ0v) is 16.1. The molecular weight excluding hydrogens is 357 g/mol. The van der Waals surface area contributed by atoms with Crippen LogP contribution in [-0.4, -0.2) is 21.4 Å². The lowest BCUT2D eigenvalue weighted by Crippen LogP contribution is -2.26. The number of carbonyl (C=O) groups excluding carboxylic acids is 1. The van der Waals surface area contributed by atoms with Gasteiger partial charge in [0.1, 0.15) is 11.4 Å². The maximum Gasteiger partial charge on any atom is 0.307 e. The van der Waals surface area contributed by atoms with E-state index in [0.29, 0.717) is 0 Å². The van der Waals surface area contributed by atoms with Crippen LogP contribution in [0.3, 0.4) is 0 Å². The van der Waals surface area contributed by atoms with Gasteiger partial charge < -0.3 is 10.1 Å². The van der Waals surface area contributed by atoms with Crippen molar-refractivity contribution in [1.82, 2.24) is 9.78 Å². The fourth-order valence-electron chi connectivity index (χ4n) is 3.54. The fraction of sp³-hybridized carbons (Fsp3) is 0.273. The Bertz CT molecular complexity index is 1020. The number of fused-ring (bicyclic) bond motifs is 2. The standard InChI is InChI=1S/C22H22FN3O2/c1-22(2,3)28-21(27)13-17-16-7-6-15(26-10-4-9-24-26)12-20(16)25-19-8-5-14(23)11-18(17)19/h4-12,17,25H,13H2,1-3H3. The maximum atomic E-state index is 13.9. The van der Waals surface area contributed by atoms with E-state index >= 15 is 0 Å². The predicted molar refractivity (Wildman–Crippen MR) is 106 cm³/mol. The van der Waals surface area contributed by atoms with E-state index in [1.54, 1.807) is 16.9 Å². The topological polar surface area (TPSA) is 56.2 Å². The summed E-state index contributed by atoms with van der Waals surface area (Å²) in [5, 5.41) is 7.63. The number of esters is 1. The van der Waals surface area contributed by atoms with E-state index in [-0.39, 0.29) is 24.1 Å². The number of hydrogen-bond donors (Lipinski definition) is 1. The molecule has 1 aliphatic heterocycles. The highest BCUT2D eigenvalue weighted by Gasteiger charge is 2.30. The molecule has 1 unspecified atom stereocenters. The van der Waals surface area contributed by atoms with E-state index in [4.69, 9.17) is 4.74 Å². The summed E-state index contributed by atoms with van der Waals surface area (Å²) >= 11 is 0. The summed E-state index contributed by atoms with van der Waals surface area (Å²) in [4.78, 5) is 12.5. The third-order valence-corrected chi connectivity index (χ3v) is 4.63. The molecule has 0 fully saturated rings. The number of nitrogens with one attached hydrogen (secondary N) is 1. The van der Waals surface area contributed by atoms with Crippen molar-refractivity contribution in [2.24, 2.45) is 0 Å². The second kappa shape index (κ2) is 6.78. The van der Waals surface area contributed by atoms with Gasteiger partial charge in [-0.25, -0.2) is 9.07 Å². The molecule has 0 spiro atoms. The zero-order chi connectivity index (χ0) is 19.9. The number of nitrogens with zero attached hydrogens (tertiary/aromatic N) is 2. The average molecular weight is 379 g/mol. The molecule has 144 valence electrons. The van der Waals surface area contributed by atoms with E-state index in [2.05, 4.69) is 10.4 Å². The second-order valence-electron chi connectivity index (χ2n) is 7.92. The van der Waals surface area contributed by atoms with Crippen LogP contribution in [-0.2, 0) is 9.53 Å². The summed E-state index contributed by atoms with van der Waals surface area (Å²) in [5.74, 6) is -0.925. The first kappa shape index (κ1) is 18.2. The Kier molecular flexibility index (Phi) is 4.41. The SMILES string of the molecule is CC(C)(C)OC(=O)CC1c2ccc(-n3cccn3)cc2Nc2ccc(F)cc21. The summed E-state index contributed by atoms with van der Waals surface area (Å²) in [5.41, 5.74) is 3.69. The number of halogens is 1. The second-order valence-corrected chi connectivity index (χ2v) is 7.92. The summed E-state index contributed by atoms with van der Waals surface area (Å²) in [6.45, 7) is 5.52. The highest BCUT2D eigenvalue weighted by atomic mass is 19.1. The van der Waals surface area contributed by atoms with Crippen LogP contribution in [0.5, 0.6) is 0 Å². The van der Waals surface area contributed by atoms with Crippen LogP contribution in [0.2, 0.25) is 0 Å². The average Bonchev–Trinajstić information content (AvgIpc) is 3.14. The van der Waals surface area contributed by atoms with Crippen LogP contribution >= 0.6 is 0 Å². The summed E-state index contributed by atoms with van der Waals surface area (Å²) in [7, 11) is 0. The van der Waals surface area contributed by atoms with Crippen LogP contribution < -0.4 is 5.32 Å². The van der Waals surface area contributed by atoms with Gasteiger partial charge in [-0.15, -0.1) is 0 Å². The molecule has 2 aromatic carbocycles. The first-order valence-electron chi connectivity index (χ1n) is 9.22. The van der Waals surface area contributed by atoms with Gasteiger partial charge in [-0.3, -0.25) is 4.79 Å². The van der Waals surface area contributed by atoms with Gasteiger partial charge in [0.2, 0.25) is 0 Å². The van der Waals surface area contributed by atoms with E-state index in [0.717, 1.165) is 28.2 Å². The molecule has 5 nitrogen and oxygen atoms in total. The number of anilines is 2. The number of benzene rings is 2. The molecule has 0 saturated carbocycles. The Balaban J connectivity index is 1.74. The smallest absolute Gasteiger partial charge is 0.307 e. The molecule has 0 radical (unpaired) electrons. The molecule has 0 aliphatic carbocycles. The predicted octanol–water partition coefficient (Wildman–Crippen LogP) is 4.93. The van der Waals surface area contributed by atoms with Gasteiger partial charge in [0, 0.05) is 29.7 Å². The van der Waals surface area contributed by atoms with Crippen molar-refractivity contribution >= 4 is 17.3 Å². The van der Waals surface area contributed by atoms with Crippen molar-refractivity contribution in [3.05, 3.63) is 71.8 Å². The van der Waals surface area contributed by atoms with E-state index in [1.165, 1.54) is 12.1 Å². The number of aromatic nitrogens is 2. The maximum absolute atomic E-state index is 13.9.